The second-order valence-electron chi connectivity index (χ2n) is 6.33. The molecule has 132 valence electrons. The molecule has 1 aromatic heterocycles. The van der Waals surface area contributed by atoms with Gasteiger partial charge < -0.3 is 15.2 Å². The molecule has 0 bridgehead atoms. The van der Waals surface area contributed by atoms with Gasteiger partial charge in [0.05, 0.1) is 18.5 Å². The van der Waals surface area contributed by atoms with E-state index in [0.717, 1.165) is 34.6 Å². The quantitative estimate of drug-likeness (QED) is 0.710. The summed E-state index contributed by atoms with van der Waals surface area (Å²) in [5, 5.41) is 13.2. The summed E-state index contributed by atoms with van der Waals surface area (Å²) in [6.45, 7) is 2.46. The Morgan fingerprint density at radius 3 is 2.85 bits per heavy atom. The molecule has 26 heavy (non-hydrogen) atoms. The van der Waals surface area contributed by atoms with Crippen LogP contribution in [0, 0.1) is 6.92 Å². The lowest BCUT2D eigenvalue weighted by Gasteiger charge is -2.22. The molecule has 0 unspecified atom stereocenters. The highest BCUT2D eigenvalue weighted by Crippen LogP contribution is 2.34. The van der Waals surface area contributed by atoms with Crippen molar-refractivity contribution in [3.63, 3.8) is 0 Å². The summed E-state index contributed by atoms with van der Waals surface area (Å²) in [5.74, 6) is 1.33. The van der Waals surface area contributed by atoms with Gasteiger partial charge in [-0.05, 0) is 48.7 Å². The van der Waals surface area contributed by atoms with Crippen LogP contribution in [0.2, 0.25) is 0 Å². The molecule has 0 atom stereocenters. The number of phenols is 1. The molecule has 4 rings (SSSR count). The largest absolute Gasteiger partial charge is 0.506 e. The molecule has 0 spiro atoms. The molecule has 2 aromatic carbocycles. The van der Waals surface area contributed by atoms with Gasteiger partial charge in [0.2, 0.25) is 0 Å². The summed E-state index contributed by atoms with van der Waals surface area (Å²) < 4.78 is 6.98. The molecular weight excluding hydrogens is 330 g/mol. The predicted octanol–water partition coefficient (Wildman–Crippen LogP) is 3.23. The SMILES string of the molecule is COc1ccc2c(c1)CCn1c-2cc(Nc2c(C)cccc2O)nc1=O. The zero-order chi connectivity index (χ0) is 18.3. The van der Waals surface area contributed by atoms with Crippen LogP contribution in [-0.4, -0.2) is 21.8 Å². The lowest BCUT2D eigenvalue weighted by atomic mass is 9.97. The van der Waals surface area contributed by atoms with E-state index >= 15 is 0 Å². The first-order valence-electron chi connectivity index (χ1n) is 8.41. The second-order valence-corrected chi connectivity index (χ2v) is 6.33. The van der Waals surface area contributed by atoms with Crippen molar-refractivity contribution < 1.29 is 9.84 Å². The summed E-state index contributed by atoms with van der Waals surface area (Å²) in [6, 6.07) is 13.0. The van der Waals surface area contributed by atoms with Crippen molar-refractivity contribution in [2.45, 2.75) is 19.9 Å². The number of nitrogens with zero attached hydrogens (tertiary/aromatic N) is 2. The Labute approximate surface area is 150 Å². The molecule has 1 aliphatic rings. The van der Waals surface area contributed by atoms with E-state index in [1.165, 1.54) is 0 Å². The number of nitrogens with one attached hydrogen (secondary N) is 1. The molecule has 0 radical (unpaired) electrons. The number of aryl methyl sites for hydroxylation is 2. The second kappa shape index (κ2) is 6.22. The third-order valence-electron chi connectivity index (χ3n) is 4.71. The van der Waals surface area contributed by atoms with E-state index in [1.54, 1.807) is 23.8 Å². The van der Waals surface area contributed by atoms with E-state index in [-0.39, 0.29) is 11.4 Å². The fourth-order valence-electron chi connectivity index (χ4n) is 3.34. The van der Waals surface area contributed by atoms with Crippen LogP contribution >= 0.6 is 0 Å². The van der Waals surface area contributed by atoms with Crippen LogP contribution in [0.25, 0.3) is 11.3 Å². The summed E-state index contributed by atoms with van der Waals surface area (Å²) in [5.41, 5.74) is 4.06. The van der Waals surface area contributed by atoms with Crippen LogP contribution in [0.5, 0.6) is 11.5 Å². The maximum absolute atomic E-state index is 12.5. The van der Waals surface area contributed by atoms with Crippen molar-refractivity contribution in [3.05, 3.63) is 64.1 Å². The lowest BCUT2D eigenvalue weighted by Crippen LogP contribution is -2.28. The first-order valence-corrected chi connectivity index (χ1v) is 8.41. The first-order chi connectivity index (χ1) is 12.6. The maximum atomic E-state index is 12.5. The number of methoxy groups -OCH3 is 1. The number of aromatic hydroxyl groups is 1. The van der Waals surface area contributed by atoms with Crippen LogP contribution in [0.15, 0.2) is 47.3 Å². The molecule has 0 aliphatic carbocycles. The van der Waals surface area contributed by atoms with Gasteiger partial charge in [-0.25, -0.2) is 4.79 Å². The molecule has 6 heteroatoms. The van der Waals surface area contributed by atoms with Gasteiger partial charge in [-0.2, -0.15) is 4.98 Å². The Bertz CT molecular complexity index is 1040. The fourth-order valence-corrected chi connectivity index (χ4v) is 3.34. The van der Waals surface area contributed by atoms with Crippen LogP contribution in [0.4, 0.5) is 11.5 Å². The average molecular weight is 349 g/mol. The molecule has 0 amide bonds. The Morgan fingerprint density at radius 1 is 1.23 bits per heavy atom. The smallest absolute Gasteiger partial charge is 0.350 e. The highest BCUT2D eigenvalue weighted by atomic mass is 16.5. The van der Waals surface area contributed by atoms with Crippen LogP contribution in [0.3, 0.4) is 0 Å². The standard InChI is InChI=1S/C20H19N3O3/c1-12-4-3-5-17(24)19(12)21-18-11-16-15-7-6-14(26-2)10-13(15)8-9-23(16)20(25)22-18/h3-7,10-11,24H,8-9H2,1-2H3,(H,21,22,25). The zero-order valence-corrected chi connectivity index (χ0v) is 14.6. The first kappa shape index (κ1) is 16.2. The molecule has 0 saturated heterocycles. The number of benzene rings is 2. The van der Waals surface area contributed by atoms with Gasteiger partial charge in [-0.1, -0.05) is 12.1 Å². The summed E-state index contributed by atoms with van der Waals surface area (Å²) in [7, 11) is 1.64. The van der Waals surface area contributed by atoms with Crippen molar-refractivity contribution in [2.75, 3.05) is 12.4 Å². The molecule has 6 nitrogen and oxygen atoms in total. The summed E-state index contributed by atoms with van der Waals surface area (Å²) >= 11 is 0. The maximum Gasteiger partial charge on any atom is 0.350 e. The van der Waals surface area contributed by atoms with Gasteiger partial charge in [-0.15, -0.1) is 0 Å². The minimum Gasteiger partial charge on any atom is -0.506 e. The van der Waals surface area contributed by atoms with Crippen LogP contribution in [-0.2, 0) is 13.0 Å². The van der Waals surface area contributed by atoms with Gasteiger partial charge in [0, 0.05) is 18.2 Å². The third-order valence-corrected chi connectivity index (χ3v) is 4.71. The van der Waals surface area contributed by atoms with Crippen molar-refractivity contribution in [1.82, 2.24) is 9.55 Å². The van der Waals surface area contributed by atoms with Crippen molar-refractivity contribution in [1.29, 1.82) is 0 Å². The Kier molecular flexibility index (Phi) is 3.88. The summed E-state index contributed by atoms with van der Waals surface area (Å²) in [4.78, 5) is 16.6. The molecular formula is C20H19N3O3. The zero-order valence-electron chi connectivity index (χ0n) is 14.6. The van der Waals surface area contributed by atoms with Crippen molar-refractivity contribution in [3.8, 4) is 22.8 Å². The number of rotatable bonds is 3. The van der Waals surface area contributed by atoms with E-state index in [9.17, 15) is 9.90 Å². The topological polar surface area (TPSA) is 76.4 Å². The Morgan fingerprint density at radius 2 is 2.08 bits per heavy atom. The number of ether oxygens (including phenoxy) is 1. The highest BCUT2D eigenvalue weighted by molar-refractivity contribution is 5.73. The number of hydrogen-bond donors (Lipinski definition) is 2. The minimum absolute atomic E-state index is 0.120. The van der Waals surface area contributed by atoms with E-state index in [2.05, 4.69) is 10.3 Å². The number of phenolic OH excluding ortho intramolecular Hbond substituents is 1. The number of anilines is 2. The Balaban J connectivity index is 1.81. The monoisotopic (exact) mass is 349 g/mol. The number of para-hydroxylation sites is 1. The Hall–Kier alpha value is -3.28. The third kappa shape index (κ3) is 2.69. The molecule has 0 saturated carbocycles. The molecule has 2 heterocycles. The molecule has 1 aliphatic heterocycles. The van der Waals surface area contributed by atoms with E-state index in [0.29, 0.717) is 18.1 Å². The van der Waals surface area contributed by atoms with Crippen LogP contribution in [0.1, 0.15) is 11.1 Å². The average Bonchev–Trinajstić information content (AvgIpc) is 2.64. The van der Waals surface area contributed by atoms with Crippen molar-refractivity contribution in [2.24, 2.45) is 0 Å². The van der Waals surface area contributed by atoms with E-state index in [1.807, 2.05) is 37.3 Å². The van der Waals surface area contributed by atoms with E-state index < -0.39 is 0 Å². The van der Waals surface area contributed by atoms with Gasteiger partial charge in [0.1, 0.15) is 17.3 Å². The molecule has 3 aromatic rings. The number of aromatic nitrogens is 2. The lowest BCUT2D eigenvalue weighted by molar-refractivity contribution is 0.414. The van der Waals surface area contributed by atoms with Gasteiger partial charge in [-0.3, -0.25) is 4.57 Å². The number of fused-ring (bicyclic) bond motifs is 3. The minimum atomic E-state index is -0.306. The number of hydrogen-bond acceptors (Lipinski definition) is 5. The van der Waals surface area contributed by atoms with E-state index in [4.69, 9.17) is 4.74 Å². The summed E-state index contributed by atoms with van der Waals surface area (Å²) in [6.07, 6.45) is 0.756. The predicted molar refractivity (Wildman–Crippen MR) is 100 cm³/mol. The van der Waals surface area contributed by atoms with Gasteiger partial charge in [0.25, 0.3) is 0 Å². The van der Waals surface area contributed by atoms with Gasteiger partial charge >= 0.3 is 5.69 Å². The normalized spacial score (nSPS) is 12.2. The molecule has 2 N–H and O–H groups in total. The molecule has 0 fully saturated rings. The van der Waals surface area contributed by atoms with Crippen molar-refractivity contribution >= 4 is 11.5 Å². The highest BCUT2D eigenvalue weighted by Gasteiger charge is 2.19. The fraction of sp³-hybridized carbons (Fsp3) is 0.200. The van der Waals surface area contributed by atoms with Gasteiger partial charge in [0.15, 0.2) is 0 Å². The van der Waals surface area contributed by atoms with Crippen LogP contribution < -0.4 is 15.7 Å².